The number of hydrogen-bond acceptors (Lipinski definition) is 3. The minimum absolute atomic E-state index is 0.622. The molecule has 1 aromatic carbocycles. The summed E-state index contributed by atoms with van der Waals surface area (Å²) in [6, 6.07) is 8.78. The van der Waals surface area contributed by atoms with Crippen molar-refractivity contribution in [3.05, 3.63) is 29.8 Å². The fourth-order valence-electron chi connectivity index (χ4n) is 3.37. The number of likely N-dealkylation sites (tertiary alicyclic amines) is 1. The fourth-order valence-corrected chi connectivity index (χ4v) is 3.37. The number of para-hydroxylation sites is 1. The van der Waals surface area contributed by atoms with Crippen LogP contribution in [0.1, 0.15) is 31.7 Å². The first-order valence-electron chi connectivity index (χ1n) is 9.09. The van der Waals surface area contributed by atoms with Gasteiger partial charge in [0.1, 0.15) is 5.75 Å². The van der Waals surface area contributed by atoms with Crippen molar-refractivity contribution < 1.29 is 4.74 Å². The first-order chi connectivity index (χ1) is 11.8. The quantitative estimate of drug-likeness (QED) is 0.594. The monoisotopic (exact) mass is 332 g/mol. The van der Waals surface area contributed by atoms with Crippen molar-refractivity contribution in [1.82, 2.24) is 15.5 Å². The van der Waals surface area contributed by atoms with E-state index in [2.05, 4.69) is 33.5 Å². The molecule has 0 aromatic heterocycles. The van der Waals surface area contributed by atoms with Crippen molar-refractivity contribution in [2.45, 2.75) is 38.6 Å². The Labute approximate surface area is 146 Å². The molecule has 1 heterocycles. The minimum Gasteiger partial charge on any atom is -0.496 e. The van der Waals surface area contributed by atoms with E-state index < -0.39 is 0 Å². The Morgan fingerprint density at radius 3 is 2.88 bits per heavy atom. The molecule has 5 nitrogen and oxygen atoms in total. The van der Waals surface area contributed by atoms with Crippen LogP contribution in [-0.4, -0.2) is 57.2 Å². The van der Waals surface area contributed by atoms with Gasteiger partial charge in [0.05, 0.1) is 7.11 Å². The molecule has 0 amide bonds. The van der Waals surface area contributed by atoms with Gasteiger partial charge in [-0.25, -0.2) is 0 Å². The summed E-state index contributed by atoms with van der Waals surface area (Å²) in [5.41, 5.74) is 1.22. The molecule has 1 aliphatic rings. The second-order valence-electron chi connectivity index (χ2n) is 6.22. The lowest BCUT2D eigenvalue weighted by Gasteiger charge is -2.35. The maximum atomic E-state index is 5.40. The average molecular weight is 332 g/mol. The van der Waals surface area contributed by atoms with Crippen LogP contribution in [0.15, 0.2) is 29.3 Å². The molecule has 0 spiro atoms. The molecule has 0 bridgehead atoms. The summed E-state index contributed by atoms with van der Waals surface area (Å²) in [5.74, 6) is 1.83. The van der Waals surface area contributed by atoms with Gasteiger partial charge in [-0.2, -0.15) is 0 Å². The zero-order chi connectivity index (χ0) is 17.2. The van der Waals surface area contributed by atoms with Gasteiger partial charge in [0, 0.05) is 26.2 Å². The van der Waals surface area contributed by atoms with E-state index in [-0.39, 0.29) is 0 Å². The van der Waals surface area contributed by atoms with E-state index in [0.29, 0.717) is 6.04 Å². The number of nitrogens with zero attached hydrogens (tertiary/aromatic N) is 2. The number of rotatable bonds is 7. The van der Waals surface area contributed by atoms with Crippen LogP contribution < -0.4 is 15.4 Å². The van der Waals surface area contributed by atoms with Crippen molar-refractivity contribution >= 4 is 5.96 Å². The Bertz CT molecular complexity index is 518. The van der Waals surface area contributed by atoms with Crippen molar-refractivity contribution in [1.29, 1.82) is 0 Å². The van der Waals surface area contributed by atoms with Gasteiger partial charge in [-0.3, -0.25) is 9.89 Å². The van der Waals surface area contributed by atoms with Crippen LogP contribution in [0.25, 0.3) is 0 Å². The number of aliphatic imine (C=N–C) groups is 1. The first-order valence-corrected chi connectivity index (χ1v) is 9.09. The molecule has 0 saturated carbocycles. The molecule has 5 heteroatoms. The summed E-state index contributed by atoms with van der Waals surface area (Å²) in [7, 11) is 3.55. The van der Waals surface area contributed by atoms with Crippen molar-refractivity contribution in [2.24, 2.45) is 4.99 Å². The average Bonchev–Trinajstić information content (AvgIpc) is 2.65. The van der Waals surface area contributed by atoms with Gasteiger partial charge in [0.2, 0.25) is 0 Å². The largest absolute Gasteiger partial charge is 0.496 e. The Balaban J connectivity index is 1.76. The van der Waals surface area contributed by atoms with Crippen LogP contribution in [0.5, 0.6) is 5.75 Å². The third-order valence-electron chi connectivity index (χ3n) is 4.76. The lowest BCUT2D eigenvalue weighted by atomic mass is 10.0. The minimum atomic E-state index is 0.622. The SMILES string of the molecule is CCN1CCCCC1CNC(=NC)NCCc1ccccc1OC. The third-order valence-corrected chi connectivity index (χ3v) is 4.76. The molecule has 24 heavy (non-hydrogen) atoms. The molecule has 134 valence electrons. The number of piperidine rings is 1. The van der Waals surface area contributed by atoms with Gasteiger partial charge >= 0.3 is 0 Å². The standard InChI is InChI=1S/C19H32N4O/c1-4-23-14-8-7-10-17(23)15-22-19(20-2)21-13-12-16-9-5-6-11-18(16)24-3/h5-6,9,11,17H,4,7-8,10,12-15H2,1-3H3,(H2,20,21,22). The molecule has 1 atom stereocenters. The topological polar surface area (TPSA) is 48.9 Å². The molecule has 2 rings (SSSR count). The summed E-state index contributed by atoms with van der Waals surface area (Å²) in [4.78, 5) is 6.91. The van der Waals surface area contributed by atoms with E-state index in [0.717, 1.165) is 37.8 Å². The summed E-state index contributed by atoms with van der Waals surface area (Å²) >= 11 is 0. The van der Waals surface area contributed by atoms with Crippen LogP contribution in [0, 0.1) is 0 Å². The summed E-state index contributed by atoms with van der Waals surface area (Å²) in [6.45, 7) is 6.40. The summed E-state index contributed by atoms with van der Waals surface area (Å²) in [6.07, 6.45) is 4.85. The molecule has 2 N–H and O–H groups in total. The molecular formula is C19H32N4O. The van der Waals surface area contributed by atoms with E-state index in [1.165, 1.54) is 31.4 Å². The number of ether oxygens (including phenoxy) is 1. The lowest BCUT2D eigenvalue weighted by molar-refractivity contribution is 0.157. The van der Waals surface area contributed by atoms with Gasteiger partial charge in [-0.1, -0.05) is 31.5 Å². The highest BCUT2D eigenvalue weighted by atomic mass is 16.5. The molecule has 0 aliphatic carbocycles. The predicted molar refractivity (Wildman–Crippen MR) is 101 cm³/mol. The van der Waals surface area contributed by atoms with Gasteiger partial charge < -0.3 is 15.4 Å². The van der Waals surface area contributed by atoms with Crippen molar-refractivity contribution in [3.63, 3.8) is 0 Å². The Morgan fingerprint density at radius 2 is 2.12 bits per heavy atom. The van der Waals surface area contributed by atoms with Crippen molar-refractivity contribution in [3.8, 4) is 5.75 Å². The number of nitrogens with one attached hydrogen (secondary N) is 2. The second kappa shape index (κ2) is 10.2. The smallest absolute Gasteiger partial charge is 0.191 e. The van der Waals surface area contributed by atoms with Gasteiger partial charge in [-0.05, 0) is 44.0 Å². The number of likely N-dealkylation sites (N-methyl/N-ethyl adjacent to an activating group) is 1. The predicted octanol–water partition coefficient (Wildman–Crippen LogP) is 2.28. The van der Waals surface area contributed by atoms with Crippen LogP contribution in [-0.2, 0) is 6.42 Å². The van der Waals surface area contributed by atoms with Gasteiger partial charge in [0.25, 0.3) is 0 Å². The Kier molecular flexibility index (Phi) is 7.89. The van der Waals surface area contributed by atoms with E-state index in [1.54, 1.807) is 7.11 Å². The maximum absolute atomic E-state index is 5.40. The first kappa shape index (κ1) is 18.6. The molecule has 1 aromatic rings. The zero-order valence-corrected chi connectivity index (χ0v) is 15.3. The van der Waals surface area contributed by atoms with E-state index in [1.807, 2.05) is 25.2 Å². The highest BCUT2D eigenvalue weighted by molar-refractivity contribution is 5.79. The van der Waals surface area contributed by atoms with Crippen LogP contribution in [0.3, 0.4) is 0 Å². The number of methoxy groups -OCH3 is 1. The number of benzene rings is 1. The molecule has 0 radical (unpaired) electrons. The normalized spacial score (nSPS) is 19.1. The highest BCUT2D eigenvalue weighted by Gasteiger charge is 2.20. The molecule has 1 fully saturated rings. The van der Waals surface area contributed by atoms with Crippen LogP contribution in [0.2, 0.25) is 0 Å². The maximum Gasteiger partial charge on any atom is 0.191 e. The van der Waals surface area contributed by atoms with Gasteiger partial charge in [0.15, 0.2) is 5.96 Å². The Morgan fingerprint density at radius 1 is 1.29 bits per heavy atom. The van der Waals surface area contributed by atoms with E-state index in [9.17, 15) is 0 Å². The Hall–Kier alpha value is -1.75. The number of guanidine groups is 1. The van der Waals surface area contributed by atoms with Gasteiger partial charge in [-0.15, -0.1) is 0 Å². The van der Waals surface area contributed by atoms with Crippen LogP contribution in [0.4, 0.5) is 0 Å². The van der Waals surface area contributed by atoms with Crippen LogP contribution >= 0.6 is 0 Å². The summed E-state index contributed by atoms with van der Waals surface area (Å²) < 4.78 is 5.40. The summed E-state index contributed by atoms with van der Waals surface area (Å²) in [5, 5.41) is 6.89. The second-order valence-corrected chi connectivity index (χ2v) is 6.22. The van der Waals surface area contributed by atoms with E-state index in [4.69, 9.17) is 4.74 Å². The van der Waals surface area contributed by atoms with E-state index >= 15 is 0 Å². The van der Waals surface area contributed by atoms with Crippen molar-refractivity contribution in [2.75, 3.05) is 40.3 Å². The molecule has 1 saturated heterocycles. The molecular weight excluding hydrogens is 300 g/mol. The third kappa shape index (κ3) is 5.41. The molecule has 1 aliphatic heterocycles. The number of hydrogen-bond donors (Lipinski definition) is 2. The molecule has 1 unspecified atom stereocenters. The highest BCUT2D eigenvalue weighted by Crippen LogP contribution is 2.17. The fraction of sp³-hybridized carbons (Fsp3) is 0.632. The zero-order valence-electron chi connectivity index (χ0n) is 15.3. The lowest BCUT2D eigenvalue weighted by Crippen LogP contribution is -2.49.